The van der Waals surface area contributed by atoms with E-state index in [1.54, 1.807) is 30.8 Å². The molecule has 1 aliphatic heterocycles. The maximum absolute atomic E-state index is 12.2. The zero-order valence-electron chi connectivity index (χ0n) is 20.6. The largest absolute Gasteiger partial charge is 0.477 e. The first kappa shape index (κ1) is 25.7. The van der Waals surface area contributed by atoms with Gasteiger partial charge in [0, 0.05) is 24.4 Å². The number of ether oxygens (including phenoxy) is 2. The topological polar surface area (TPSA) is 112 Å². The number of nitrogens with zero attached hydrogens (tertiary/aromatic N) is 3. The van der Waals surface area contributed by atoms with Gasteiger partial charge in [-0.2, -0.15) is 12.6 Å². The summed E-state index contributed by atoms with van der Waals surface area (Å²) >= 11 is 3.53. The monoisotopic (exact) mass is 483 g/mol. The van der Waals surface area contributed by atoms with Crippen molar-refractivity contribution in [3.8, 4) is 5.88 Å². The van der Waals surface area contributed by atoms with Crippen LogP contribution in [0.5, 0.6) is 5.88 Å². The number of carbonyl (C=O) groups is 1. The Morgan fingerprint density at radius 1 is 1.18 bits per heavy atom. The predicted octanol–water partition coefficient (Wildman–Crippen LogP) is 4.79. The molecule has 3 N–H and O–H groups in total. The average molecular weight is 484 g/mol. The molecule has 9 heteroatoms. The number of aromatic nitrogens is 3. The smallest absolute Gasteiger partial charge is 0.340 e. The van der Waals surface area contributed by atoms with Crippen LogP contribution >= 0.6 is 12.6 Å². The number of rotatable bonds is 6. The number of thiol groups is 1. The van der Waals surface area contributed by atoms with Crippen molar-refractivity contribution < 1.29 is 14.3 Å². The number of nitrogens with one attached hydrogen (secondary N) is 1. The minimum atomic E-state index is -0.594. The Balaban J connectivity index is 0.00000158. The lowest BCUT2D eigenvalue weighted by molar-refractivity contribution is -0.00714. The molecule has 3 aromatic heterocycles. The number of esters is 1. The van der Waals surface area contributed by atoms with Crippen LogP contribution in [-0.4, -0.2) is 39.4 Å². The van der Waals surface area contributed by atoms with Crippen LogP contribution in [-0.2, 0) is 16.7 Å². The van der Waals surface area contributed by atoms with Crippen LogP contribution < -0.4 is 15.8 Å². The number of carbonyl (C=O) groups excluding carboxylic acids is 1. The normalized spacial score (nSPS) is 14.5. The predicted molar refractivity (Wildman–Crippen MR) is 138 cm³/mol. The van der Waals surface area contributed by atoms with Crippen molar-refractivity contribution in [3.63, 3.8) is 0 Å². The lowest BCUT2D eigenvalue weighted by atomic mass is 9.93. The quantitative estimate of drug-likeness (QED) is 0.339. The Morgan fingerprint density at radius 3 is 2.59 bits per heavy atom. The summed E-state index contributed by atoms with van der Waals surface area (Å²) < 4.78 is 11.3. The zero-order chi connectivity index (χ0) is 25.1. The molecule has 8 nitrogen and oxygen atoms in total. The van der Waals surface area contributed by atoms with Crippen molar-refractivity contribution >= 4 is 41.0 Å². The molecule has 0 unspecified atom stereocenters. The average Bonchev–Trinajstić information content (AvgIpc) is 2.76. The summed E-state index contributed by atoms with van der Waals surface area (Å²) in [6, 6.07) is 5.41. The summed E-state index contributed by atoms with van der Waals surface area (Å²) in [4.78, 5) is 25.9. The second-order valence-electron chi connectivity index (χ2n) is 9.30. The fourth-order valence-corrected chi connectivity index (χ4v) is 3.77. The van der Waals surface area contributed by atoms with Gasteiger partial charge in [0.05, 0.1) is 23.3 Å². The summed E-state index contributed by atoms with van der Waals surface area (Å²) in [6.45, 7) is 10.3. The third-order valence-corrected chi connectivity index (χ3v) is 5.28. The minimum Gasteiger partial charge on any atom is -0.477 e. The van der Waals surface area contributed by atoms with E-state index < -0.39 is 11.1 Å². The summed E-state index contributed by atoms with van der Waals surface area (Å²) in [5.74, 6) is 1.41. The highest BCUT2D eigenvalue weighted by atomic mass is 32.1. The fourth-order valence-electron chi connectivity index (χ4n) is 3.77. The van der Waals surface area contributed by atoms with E-state index in [0.29, 0.717) is 41.8 Å². The van der Waals surface area contributed by atoms with Gasteiger partial charge in [0.25, 0.3) is 0 Å². The van der Waals surface area contributed by atoms with Gasteiger partial charge in [0.2, 0.25) is 5.88 Å². The van der Waals surface area contributed by atoms with Gasteiger partial charge >= 0.3 is 5.97 Å². The van der Waals surface area contributed by atoms with E-state index in [9.17, 15) is 4.79 Å². The van der Waals surface area contributed by atoms with Crippen molar-refractivity contribution in [1.82, 2.24) is 15.0 Å². The lowest BCUT2D eigenvalue weighted by Gasteiger charge is -2.30. The maximum Gasteiger partial charge on any atom is 0.340 e. The molecule has 0 amide bonds. The van der Waals surface area contributed by atoms with Crippen molar-refractivity contribution in [3.05, 3.63) is 47.4 Å². The molecule has 4 rings (SSSR count). The lowest BCUT2D eigenvalue weighted by Crippen LogP contribution is -2.36. The molecule has 1 aliphatic rings. The van der Waals surface area contributed by atoms with E-state index >= 15 is 0 Å². The van der Waals surface area contributed by atoms with Gasteiger partial charge in [-0.3, -0.25) is 0 Å². The van der Waals surface area contributed by atoms with E-state index in [4.69, 9.17) is 15.2 Å². The highest BCUT2D eigenvalue weighted by molar-refractivity contribution is 7.79. The van der Waals surface area contributed by atoms with Crippen LogP contribution in [0.3, 0.4) is 0 Å². The number of hydrogen-bond donors (Lipinski definition) is 3. The Hall–Kier alpha value is -2.91. The van der Waals surface area contributed by atoms with Crippen LogP contribution in [0.4, 0.5) is 11.6 Å². The second-order valence-corrected chi connectivity index (χ2v) is 9.30. The van der Waals surface area contributed by atoms with E-state index in [2.05, 4.69) is 32.9 Å². The van der Waals surface area contributed by atoms with Crippen molar-refractivity contribution in [2.24, 2.45) is 5.73 Å². The molecule has 0 saturated carbocycles. The third-order valence-electron chi connectivity index (χ3n) is 5.28. The highest BCUT2D eigenvalue weighted by Gasteiger charge is 2.33. The number of cyclic esters (lactones) is 1. The van der Waals surface area contributed by atoms with Crippen LogP contribution in [0.1, 0.15) is 62.7 Å². The van der Waals surface area contributed by atoms with Crippen LogP contribution in [0, 0.1) is 0 Å². The first-order valence-corrected chi connectivity index (χ1v) is 12.1. The summed E-state index contributed by atoms with van der Waals surface area (Å²) in [5.41, 5.74) is 7.33. The van der Waals surface area contributed by atoms with Crippen LogP contribution in [0.15, 0.2) is 30.6 Å². The molecule has 0 radical (unpaired) electrons. The molecule has 0 bridgehead atoms. The first-order valence-electron chi connectivity index (χ1n) is 11.2. The number of fused-ring (bicyclic) bond motifs is 2. The Morgan fingerprint density at radius 2 is 1.91 bits per heavy atom. The highest BCUT2D eigenvalue weighted by Crippen LogP contribution is 2.33. The van der Waals surface area contributed by atoms with E-state index in [1.807, 2.05) is 40.7 Å². The summed E-state index contributed by atoms with van der Waals surface area (Å²) in [7, 11) is 0. The van der Waals surface area contributed by atoms with E-state index in [-0.39, 0.29) is 5.97 Å². The van der Waals surface area contributed by atoms with Gasteiger partial charge in [-0.15, -0.1) is 0 Å². The SMILES string of the molecule is CCCOc1ncc(C(C)(C)N)c2cc(Nc3ccc4c(n3)CC(C)(C)OC4=O)ncc12.CS. The van der Waals surface area contributed by atoms with E-state index in [0.717, 1.165) is 22.8 Å². The minimum absolute atomic E-state index is 0.346. The molecular formula is C25H33N5O3S. The van der Waals surface area contributed by atoms with Crippen molar-refractivity contribution in [2.75, 3.05) is 18.2 Å². The first-order chi connectivity index (χ1) is 16.1. The molecule has 0 saturated heterocycles. The Labute approximate surface area is 206 Å². The zero-order valence-corrected chi connectivity index (χ0v) is 21.5. The molecule has 4 heterocycles. The standard InChI is InChI=1S/C24H29N5O3.CH4S/c1-6-9-31-21-16-12-26-20(10-15(16)17(13-27-21)24(4,5)25)29-19-8-7-14-18(28-19)11-23(2,3)32-22(14)30;1-2/h7-8,10,12-13H,6,9,11,25H2,1-5H3,(H,26,28,29);2H,1H3. The summed E-state index contributed by atoms with van der Waals surface area (Å²) in [6.07, 6.45) is 6.63. The van der Waals surface area contributed by atoms with E-state index in [1.165, 1.54) is 0 Å². The Kier molecular flexibility index (Phi) is 7.67. The fraction of sp³-hybridized carbons (Fsp3) is 0.440. The van der Waals surface area contributed by atoms with Crippen molar-refractivity contribution in [2.45, 2.75) is 58.6 Å². The molecule has 0 aromatic carbocycles. The molecule has 34 heavy (non-hydrogen) atoms. The van der Waals surface area contributed by atoms with Crippen molar-refractivity contribution in [1.29, 1.82) is 0 Å². The molecule has 0 fully saturated rings. The second kappa shape index (κ2) is 10.1. The molecule has 182 valence electrons. The maximum atomic E-state index is 12.2. The Bertz CT molecular complexity index is 1190. The molecule has 3 aromatic rings. The van der Waals surface area contributed by atoms with Crippen LogP contribution in [0.25, 0.3) is 10.8 Å². The van der Waals surface area contributed by atoms with Gasteiger partial charge in [0.1, 0.15) is 17.2 Å². The van der Waals surface area contributed by atoms with Gasteiger partial charge < -0.3 is 20.5 Å². The number of hydrogen-bond acceptors (Lipinski definition) is 9. The molecular weight excluding hydrogens is 450 g/mol. The van der Waals surface area contributed by atoms with Gasteiger partial charge in [-0.1, -0.05) is 6.92 Å². The molecule has 0 spiro atoms. The molecule has 0 atom stereocenters. The number of anilines is 2. The summed E-state index contributed by atoms with van der Waals surface area (Å²) in [5, 5.41) is 4.98. The van der Waals surface area contributed by atoms with Gasteiger partial charge in [-0.05, 0) is 69.5 Å². The number of pyridine rings is 3. The van der Waals surface area contributed by atoms with Crippen LogP contribution in [0.2, 0.25) is 0 Å². The third kappa shape index (κ3) is 5.59. The van der Waals surface area contributed by atoms with Gasteiger partial charge in [-0.25, -0.2) is 19.7 Å². The van der Waals surface area contributed by atoms with Gasteiger partial charge in [0.15, 0.2) is 0 Å². The number of nitrogens with two attached hydrogens (primary N) is 1. The molecule has 0 aliphatic carbocycles.